The highest BCUT2D eigenvalue weighted by molar-refractivity contribution is 5.56. The zero-order valence-electron chi connectivity index (χ0n) is 10.1. The lowest BCUT2D eigenvalue weighted by Gasteiger charge is -2.28. The van der Waals surface area contributed by atoms with Gasteiger partial charge in [-0.05, 0) is 35.4 Å². The number of hydrogen-bond acceptors (Lipinski definition) is 2. The molecule has 0 aliphatic heterocycles. The van der Waals surface area contributed by atoms with Gasteiger partial charge >= 0.3 is 0 Å². The molecule has 2 aromatic rings. The number of benzene rings is 2. The first-order valence-electron chi connectivity index (χ1n) is 5.81. The maximum atomic E-state index is 13.0. The molecule has 4 heteroatoms. The molecule has 0 bridgehead atoms. The second-order valence-corrected chi connectivity index (χ2v) is 4.36. The van der Waals surface area contributed by atoms with E-state index in [2.05, 4.69) is 0 Å². The van der Waals surface area contributed by atoms with Gasteiger partial charge < -0.3 is 10.5 Å². The molecule has 98 valence electrons. The van der Waals surface area contributed by atoms with Gasteiger partial charge in [-0.25, -0.2) is 8.78 Å². The Hall–Kier alpha value is -2.07. The summed E-state index contributed by atoms with van der Waals surface area (Å²) in [4.78, 5) is 10.9. The molecule has 0 saturated carbocycles. The van der Waals surface area contributed by atoms with Gasteiger partial charge in [-0.1, -0.05) is 24.3 Å². The molecule has 0 aromatic heterocycles. The SMILES string of the molecule is NC(CC=O)(c1ccc(F)cc1)c1ccc(F)cc1. The number of carbonyl (C=O) groups is 1. The Bertz CT molecular complexity index is 518. The summed E-state index contributed by atoms with van der Waals surface area (Å²) < 4.78 is 25.9. The molecule has 0 aliphatic carbocycles. The normalized spacial score (nSPS) is 11.3. The van der Waals surface area contributed by atoms with Crippen LogP contribution >= 0.6 is 0 Å². The Morgan fingerprint density at radius 1 is 0.895 bits per heavy atom. The van der Waals surface area contributed by atoms with Crippen LogP contribution in [0.2, 0.25) is 0 Å². The Labute approximate surface area is 109 Å². The molecule has 2 rings (SSSR count). The van der Waals surface area contributed by atoms with Crippen molar-refractivity contribution in [2.75, 3.05) is 0 Å². The van der Waals surface area contributed by atoms with E-state index >= 15 is 0 Å². The van der Waals surface area contributed by atoms with Crippen LogP contribution in [0.1, 0.15) is 17.5 Å². The zero-order valence-corrected chi connectivity index (χ0v) is 10.1. The summed E-state index contributed by atoms with van der Waals surface area (Å²) in [6.45, 7) is 0. The van der Waals surface area contributed by atoms with Crippen LogP contribution in [0.4, 0.5) is 8.78 Å². The highest BCUT2D eigenvalue weighted by Gasteiger charge is 2.29. The van der Waals surface area contributed by atoms with Gasteiger partial charge in [0.15, 0.2) is 0 Å². The van der Waals surface area contributed by atoms with Crippen LogP contribution in [-0.2, 0) is 10.3 Å². The summed E-state index contributed by atoms with van der Waals surface area (Å²) in [5.74, 6) is -0.757. The first kappa shape index (κ1) is 13.4. The van der Waals surface area contributed by atoms with Crippen molar-refractivity contribution in [2.45, 2.75) is 12.0 Å². The van der Waals surface area contributed by atoms with E-state index in [1.165, 1.54) is 48.5 Å². The van der Waals surface area contributed by atoms with E-state index in [9.17, 15) is 13.6 Å². The fourth-order valence-corrected chi connectivity index (χ4v) is 2.03. The number of nitrogens with two attached hydrogens (primary N) is 1. The molecule has 2 nitrogen and oxygen atoms in total. The summed E-state index contributed by atoms with van der Waals surface area (Å²) in [7, 11) is 0. The number of halogens is 2. The van der Waals surface area contributed by atoms with E-state index in [1.807, 2.05) is 0 Å². The highest BCUT2D eigenvalue weighted by Crippen LogP contribution is 2.30. The van der Waals surface area contributed by atoms with Gasteiger partial charge in [0, 0.05) is 6.42 Å². The van der Waals surface area contributed by atoms with E-state index in [4.69, 9.17) is 5.73 Å². The third-order valence-corrected chi connectivity index (χ3v) is 3.12. The Kier molecular flexibility index (Phi) is 3.71. The Morgan fingerprint density at radius 3 is 1.58 bits per heavy atom. The summed E-state index contributed by atoms with van der Waals surface area (Å²) in [6.07, 6.45) is 0.733. The minimum Gasteiger partial charge on any atom is -0.317 e. The fraction of sp³-hybridized carbons (Fsp3) is 0.133. The minimum absolute atomic E-state index is 0.0320. The van der Waals surface area contributed by atoms with Crippen molar-refractivity contribution in [3.05, 3.63) is 71.3 Å². The summed E-state index contributed by atoms with van der Waals surface area (Å²) in [5, 5.41) is 0. The second kappa shape index (κ2) is 5.28. The van der Waals surface area contributed by atoms with Crippen LogP contribution in [0.5, 0.6) is 0 Å². The van der Waals surface area contributed by atoms with E-state index in [1.54, 1.807) is 0 Å². The highest BCUT2D eigenvalue weighted by atomic mass is 19.1. The van der Waals surface area contributed by atoms with E-state index in [-0.39, 0.29) is 18.1 Å². The largest absolute Gasteiger partial charge is 0.317 e. The number of carbonyl (C=O) groups excluding carboxylic acids is 1. The van der Waals surface area contributed by atoms with Crippen LogP contribution in [-0.4, -0.2) is 6.29 Å². The lowest BCUT2D eigenvalue weighted by atomic mass is 9.81. The molecule has 0 saturated heterocycles. The molecule has 0 spiro atoms. The molecule has 0 fully saturated rings. The zero-order chi connectivity index (χ0) is 13.9. The van der Waals surface area contributed by atoms with Crippen molar-refractivity contribution in [1.29, 1.82) is 0 Å². The lowest BCUT2D eigenvalue weighted by molar-refractivity contribution is -0.108. The minimum atomic E-state index is -1.08. The lowest BCUT2D eigenvalue weighted by Crippen LogP contribution is -2.38. The van der Waals surface area contributed by atoms with Gasteiger partial charge in [-0.2, -0.15) is 0 Å². The molecular weight excluding hydrogens is 248 g/mol. The predicted octanol–water partition coefficient (Wildman–Crippen LogP) is 2.76. The molecule has 0 radical (unpaired) electrons. The van der Waals surface area contributed by atoms with E-state index < -0.39 is 5.54 Å². The molecule has 0 aliphatic rings. The van der Waals surface area contributed by atoms with Crippen molar-refractivity contribution in [3.8, 4) is 0 Å². The van der Waals surface area contributed by atoms with Crippen molar-refractivity contribution in [2.24, 2.45) is 5.73 Å². The molecule has 0 amide bonds. The van der Waals surface area contributed by atoms with Crippen molar-refractivity contribution >= 4 is 6.29 Å². The molecular formula is C15H13F2NO. The van der Waals surface area contributed by atoms with Crippen LogP contribution in [0.25, 0.3) is 0 Å². The topological polar surface area (TPSA) is 43.1 Å². The average molecular weight is 261 g/mol. The maximum absolute atomic E-state index is 13.0. The van der Waals surface area contributed by atoms with Gasteiger partial charge in [-0.3, -0.25) is 0 Å². The molecule has 0 unspecified atom stereocenters. The fourth-order valence-electron chi connectivity index (χ4n) is 2.03. The van der Waals surface area contributed by atoms with Crippen molar-refractivity contribution in [1.82, 2.24) is 0 Å². The van der Waals surface area contributed by atoms with Gasteiger partial charge in [-0.15, -0.1) is 0 Å². The quantitative estimate of drug-likeness (QED) is 0.860. The molecule has 0 atom stereocenters. The average Bonchev–Trinajstić information content (AvgIpc) is 2.40. The van der Waals surface area contributed by atoms with Gasteiger partial charge in [0.1, 0.15) is 17.9 Å². The van der Waals surface area contributed by atoms with Gasteiger partial charge in [0.05, 0.1) is 5.54 Å². The van der Waals surface area contributed by atoms with Crippen molar-refractivity contribution in [3.63, 3.8) is 0 Å². The smallest absolute Gasteiger partial charge is 0.123 e. The Balaban J connectivity index is 2.50. The third-order valence-electron chi connectivity index (χ3n) is 3.12. The monoisotopic (exact) mass is 261 g/mol. The third kappa shape index (κ3) is 2.69. The van der Waals surface area contributed by atoms with E-state index in [0.29, 0.717) is 17.4 Å². The molecule has 0 heterocycles. The standard InChI is InChI=1S/C15H13F2NO/c16-13-5-1-11(2-6-13)15(18,9-10-19)12-3-7-14(17)8-4-12/h1-8,10H,9,18H2. The molecule has 2 N–H and O–H groups in total. The summed E-state index contributed by atoms with van der Waals surface area (Å²) >= 11 is 0. The first-order chi connectivity index (χ1) is 9.06. The molecule has 19 heavy (non-hydrogen) atoms. The Morgan fingerprint density at radius 2 is 1.26 bits per heavy atom. The van der Waals surface area contributed by atoms with Crippen LogP contribution in [0.15, 0.2) is 48.5 Å². The summed E-state index contributed by atoms with van der Waals surface area (Å²) in [5.41, 5.74) is 6.40. The second-order valence-electron chi connectivity index (χ2n) is 4.36. The summed E-state index contributed by atoms with van der Waals surface area (Å²) in [6, 6.07) is 11.3. The van der Waals surface area contributed by atoms with Crippen LogP contribution in [0.3, 0.4) is 0 Å². The maximum Gasteiger partial charge on any atom is 0.123 e. The van der Waals surface area contributed by atoms with Crippen LogP contribution in [0, 0.1) is 11.6 Å². The van der Waals surface area contributed by atoms with Crippen molar-refractivity contribution < 1.29 is 13.6 Å². The van der Waals surface area contributed by atoms with Crippen LogP contribution < -0.4 is 5.73 Å². The van der Waals surface area contributed by atoms with E-state index in [0.717, 1.165) is 0 Å². The number of hydrogen-bond donors (Lipinski definition) is 1. The molecule has 2 aromatic carbocycles. The van der Waals surface area contributed by atoms with Gasteiger partial charge in [0.25, 0.3) is 0 Å². The number of rotatable bonds is 4. The number of aldehydes is 1. The first-order valence-corrected chi connectivity index (χ1v) is 5.81. The predicted molar refractivity (Wildman–Crippen MR) is 68.4 cm³/mol. The van der Waals surface area contributed by atoms with Gasteiger partial charge in [0.2, 0.25) is 0 Å².